The van der Waals surface area contributed by atoms with Crippen LogP contribution in [0.3, 0.4) is 0 Å². The first kappa shape index (κ1) is 19.1. The Bertz CT molecular complexity index is 570. The van der Waals surface area contributed by atoms with E-state index in [1.54, 1.807) is 5.04 Å². The molecule has 2 N–H and O–H groups in total. The molecule has 3 heteroatoms. The Morgan fingerprint density at radius 3 is 2.38 bits per heavy atom. The second kappa shape index (κ2) is 9.31. The number of hydrogen-bond donors (Lipinski definition) is 1. The predicted octanol–water partition coefficient (Wildman–Crippen LogP) is 5.10. The molecule has 0 amide bonds. The summed E-state index contributed by atoms with van der Waals surface area (Å²) in [6.45, 7) is 3.19. The van der Waals surface area contributed by atoms with Crippen molar-refractivity contribution >= 4 is 21.1 Å². The smallest absolute Gasteiger partial charge is 0.210 e. The number of allylic oxidation sites excluding steroid dienone is 1. The molecule has 2 nitrogen and oxygen atoms in total. The zero-order valence-electron chi connectivity index (χ0n) is 15.8. The van der Waals surface area contributed by atoms with Gasteiger partial charge in [-0.2, -0.15) is 10.0 Å². The van der Waals surface area contributed by atoms with Crippen LogP contribution in [-0.2, 0) is 0 Å². The molecule has 0 unspecified atom stereocenters. The zero-order valence-corrected chi connectivity index (χ0v) is 16.6. The highest BCUT2D eigenvalue weighted by Gasteiger charge is 2.34. The van der Waals surface area contributed by atoms with Crippen molar-refractivity contribution in [2.24, 2.45) is 5.84 Å². The molecule has 1 aliphatic heterocycles. The van der Waals surface area contributed by atoms with Crippen LogP contribution in [0.4, 0.5) is 0 Å². The second-order valence-corrected chi connectivity index (χ2v) is 11.4. The summed E-state index contributed by atoms with van der Waals surface area (Å²) in [5.74, 6) is 7.40. The van der Waals surface area contributed by atoms with E-state index < -0.39 is 10.0 Å². The molecular weight excluding hydrogens is 312 g/mol. The first-order valence-electron chi connectivity index (χ1n) is 9.31. The lowest BCUT2D eigenvalue weighted by atomic mass is 10.1. The summed E-state index contributed by atoms with van der Waals surface area (Å²) in [7, 11) is -0.562. The average molecular weight is 348 g/mol. The van der Waals surface area contributed by atoms with Gasteiger partial charge in [-0.05, 0) is 44.3 Å². The lowest BCUT2D eigenvalue weighted by molar-refractivity contribution is -0.530. The third kappa shape index (κ3) is 6.01. The van der Waals surface area contributed by atoms with Gasteiger partial charge in [0, 0.05) is 12.2 Å². The molecule has 0 spiro atoms. The van der Waals surface area contributed by atoms with Gasteiger partial charge in [-0.3, -0.25) is 0 Å². The van der Waals surface area contributed by atoms with E-state index in [4.69, 9.17) is 5.84 Å². The van der Waals surface area contributed by atoms with Crippen LogP contribution in [0.2, 0.25) is 0 Å². The maximum atomic E-state index is 6.12. The van der Waals surface area contributed by atoms with Crippen molar-refractivity contribution in [2.45, 2.75) is 51.9 Å². The van der Waals surface area contributed by atoms with Gasteiger partial charge in [-0.25, -0.2) is 5.84 Å². The standard InChI is InChI=1S/C21H35N2S/c1-19-13-15-20(16-14-19)11-9-7-5-4-6-8-10-12-21-23(22)17-18-24(21,2)3/h9,11,13-16H,4-8,10,12,17-18,22H2,1-3H3/q+1. The van der Waals surface area contributed by atoms with Crippen molar-refractivity contribution in [3.63, 3.8) is 0 Å². The highest BCUT2D eigenvalue weighted by Crippen LogP contribution is 2.45. The van der Waals surface area contributed by atoms with E-state index in [1.165, 1.54) is 61.8 Å². The van der Waals surface area contributed by atoms with Crippen molar-refractivity contribution in [3.05, 3.63) is 41.5 Å². The van der Waals surface area contributed by atoms with Crippen LogP contribution in [0.15, 0.2) is 30.3 Å². The molecule has 0 aromatic heterocycles. The number of nitrogens with two attached hydrogens (primary N) is 1. The molecule has 1 aromatic carbocycles. The quantitative estimate of drug-likeness (QED) is 0.376. The molecule has 1 aliphatic rings. The highest BCUT2D eigenvalue weighted by atomic mass is 32.3. The van der Waals surface area contributed by atoms with Gasteiger partial charge in [-0.1, -0.05) is 61.2 Å². The predicted molar refractivity (Wildman–Crippen MR) is 111 cm³/mol. The van der Waals surface area contributed by atoms with Gasteiger partial charge in [0.25, 0.3) is 0 Å². The number of rotatable bonds is 9. The van der Waals surface area contributed by atoms with Crippen LogP contribution in [0, 0.1) is 6.92 Å². The van der Waals surface area contributed by atoms with Crippen molar-refractivity contribution in [1.29, 1.82) is 0 Å². The molecule has 1 aromatic rings. The summed E-state index contributed by atoms with van der Waals surface area (Å²) in [5.41, 5.74) is 2.64. The van der Waals surface area contributed by atoms with E-state index in [2.05, 4.69) is 55.9 Å². The fraction of sp³-hybridized carbons (Fsp3) is 0.571. The molecule has 134 valence electrons. The van der Waals surface area contributed by atoms with Crippen LogP contribution < -0.4 is 5.84 Å². The molecule has 24 heavy (non-hydrogen) atoms. The van der Waals surface area contributed by atoms with Crippen LogP contribution >= 0.6 is 10.0 Å². The number of aryl methyl sites for hydroxylation is 1. The number of hydrogen-bond acceptors (Lipinski definition) is 1. The Balaban J connectivity index is 1.53. The summed E-state index contributed by atoms with van der Waals surface area (Å²) < 4.78 is 2.03. The van der Waals surface area contributed by atoms with Gasteiger partial charge in [0.1, 0.15) is 0 Å². The Morgan fingerprint density at radius 2 is 1.71 bits per heavy atom. The van der Waals surface area contributed by atoms with E-state index >= 15 is 0 Å². The largest absolute Gasteiger partial charge is 0.222 e. The van der Waals surface area contributed by atoms with E-state index in [1.807, 2.05) is 4.68 Å². The summed E-state index contributed by atoms with van der Waals surface area (Å²) in [6, 6.07) is 8.73. The minimum absolute atomic E-state index is 0.562. The van der Waals surface area contributed by atoms with Gasteiger partial charge in [-0.15, -0.1) is 4.68 Å². The Morgan fingerprint density at radius 1 is 1.04 bits per heavy atom. The summed E-state index contributed by atoms with van der Waals surface area (Å²) in [6.07, 6.45) is 18.4. The Hall–Kier alpha value is -1.22. The third-order valence-corrected chi connectivity index (χ3v) is 7.87. The molecular formula is C21H35N2S+. The molecule has 0 radical (unpaired) electrons. The van der Waals surface area contributed by atoms with Crippen molar-refractivity contribution in [1.82, 2.24) is 0 Å². The maximum Gasteiger partial charge on any atom is 0.222 e. The van der Waals surface area contributed by atoms with Crippen molar-refractivity contribution in [2.75, 3.05) is 24.8 Å². The minimum atomic E-state index is -0.562. The Labute approximate surface area is 150 Å². The van der Waals surface area contributed by atoms with E-state index in [0.717, 1.165) is 6.54 Å². The lowest BCUT2D eigenvalue weighted by Gasteiger charge is -2.21. The molecule has 0 saturated heterocycles. The molecule has 0 fully saturated rings. The third-order valence-electron chi connectivity index (χ3n) is 4.95. The second-order valence-electron chi connectivity index (χ2n) is 7.45. The number of unbranched alkanes of at least 4 members (excludes halogenated alkanes) is 5. The SMILES string of the molecule is Cc1ccc(C=CCCCCCCCC2=[N+](N)CCS2(C)C)cc1. The molecule has 1 heterocycles. The van der Waals surface area contributed by atoms with Crippen LogP contribution in [0.5, 0.6) is 0 Å². The maximum absolute atomic E-state index is 6.12. The van der Waals surface area contributed by atoms with Gasteiger partial charge in [0.05, 0.1) is 0 Å². The molecule has 0 bridgehead atoms. The average Bonchev–Trinajstić information content (AvgIpc) is 2.81. The van der Waals surface area contributed by atoms with Gasteiger partial charge in [0.2, 0.25) is 5.04 Å². The van der Waals surface area contributed by atoms with Gasteiger partial charge < -0.3 is 0 Å². The van der Waals surface area contributed by atoms with Crippen molar-refractivity contribution in [3.8, 4) is 0 Å². The van der Waals surface area contributed by atoms with E-state index in [0.29, 0.717) is 0 Å². The zero-order chi connectivity index (χ0) is 17.4. The van der Waals surface area contributed by atoms with Crippen molar-refractivity contribution < 1.29 is 4.68 Å². The van der Waals surface area contributed by atoms with Gasteiger partial charge in [0.15, 0.2) is 6.54 Å². The normalized spacial score (nSPS) is 18.5. The number of benzene rings is 1. The van der Waals surface area contributed by atoms with Crippen LogP contribution in [0.25, 0.3) is 6.08 Å². The molecule has 2 rings (SSSR count). The topological polar surface area (TPSA) is 29.0 Å². The lowest BCUT2D eigenvalue weighted by Crippen LogP contribution is -2.23. The van der Waals surface area contributed by atoms with Crippen LogP contribution in [-0.4, -0.2) is 34.5 Å². The number of hydrazine groups is 1. The van der Waals surface area contributed by atoms with Crippen LogP contribution in [0.1, 0.15) is 56.1 Å². The first-order valence-corrected chi connectivity index (χ1v) is 11.9. The summed E-state index contributed by atoms with van der Waals surface area (Å²) in [4.78, 5) is 0. The first-order chi connectivity index (χ1) is 11.5. The fourth-order valence-corrected chi connectivity index (χ4v) is 5.58. The summed E-state index contributed by atoms with van der Waals surface area (Å²) in [5, 5.41) is 1.54. The molecule has 0 atom stereocenters. The fourth-order valence-electron chi connectivity index (χ4n) is 3.27. The van der Waals surface area contributed by atoms with E-state index in [9.17, 15) is 0 Å². The van der Waals surface area contributed by atoms with E-state index in [-0.39, 0.29) is 0 Å². The molecule has 0 saturated carbocycles. The monoisotopic (exact) mass is 347 g/mol. The minimum Gasteiger partial charge on any atom is -0.210 e. The summed E-state index contributed by atoms with van der Waals surface area (Å²) >= 11 is 0. The van der Waals surface area contributed by atoms with Gasteiger partial charge >= 0.3 is 0 Å². The number of hydrazone groups is 1. The Kier molecular flexibility index (Phi) is 7.41. The highest BCUT2D eigenvalue weighted by molar-refractivity contribution is 8.44. The molecule has 0 aliphatic carbocycles. The number of nitrogens with zero attached hydrogens (tertiary/aromatic N) is 1.